The van der Waals surface area contributed by atoms with Gasteiger partial charge in [0.05, 0.1) is 5.69 Å². The zero-order valence-electron chi connectivity index (χ0n) is 7.72. The molecule has 0 aliphatic heterocycles. The topological polar surface area (TPSA) is 22.0 Å². The molecule has 2 heteroatoms. The quantitative estimate of drug-likeness (QED) is 0.612. The van der Waals surface area contributed by atoms with Crippen LogP contribution in [0.3, 0.4) is 0 Å². The van der Waals surface area contributed by atoms with Crippen molar-refractivity contribution in [2.75, 3.05) is 0 Å². The molecule has 0 N–H and O–H groups in total. The summed E-state index contributed by atoms with van der Waals surface area (Å²) in [5, 5.41) is 0. The van der Waals surface area contributed by atoms with Crippen LogP contribution in [-0.4, -0.2) is 10.9 Å². The molecule has 1 rings (SSSR count). The molecule has 0 amide bonds. The highest BCUT2D eigenvalue weighted by atomic mass is 16.1. The third kappa shape index (κ3) is 0.998. The van der Waals surface area contributed by atoms with Crippen molar-refractivity contribution in [2.45, 2.75) is 13.8 Å². The van der Waals surface area contributed by atoms with Crippen molar-refractivity contribution in [3.05, 3.63) is 29.1 Å². The summed E-state index contributed by atoms with van der Waals surface area (Å²) in [6.07, 6.45) is 2.67. The minimum Gasteiger partial charge on any atom is -0.345 e. The van der Waals surface area contributed by atoms with Crippen molar-refractivity contribution in [3.63, 3.8) is 0 Å². The lowest BCUT2D eigenvalue weighted by Crippen LogP contribution is -1.96. The van der Waals surface area contributed by atoms with Crippen LogP contribution in [0.1, 0.15) is 27.3 Å². The van der Waals surface area contributed by atoms with Crippen LogP contribution in [0.2, 0.25) is 0 Å². The lowest BCUT2D eigenvalue weighted by molar-refractivity contribution is 0.111. The van der Waals surface area contributed by atoms with Gasteiger partial charge in [-0.1, -0.05) is 12.7 Å². The summed E-state index contributed by atoms with van der Waals surface area (Å²) in [5.41, 5.74) is 3.91. The van der Waals surface area contributed by atoms with E-state index in [9.17, 15) is 4.79 Å². The Labute approximate surface area is 72.5 Å². The van der Waals surface area contributed by atoms with Gasteiger partial charge in [0.1, 0.15) is 0 Å². The van der Waals surface area contributed by atoms with Gasteiger partial charge >= 0.3 is 0 Å². The van der Waals surface area contributed by atoms with Crippen LogP contribution in [0, 0.1) is 13.8 Å². The van der Waals surface area contributed by atoms with Gasteiger partial charge in [-0.3, -0.25) is 4.79 Å². The Hall–Kier alpha value is -1.31. The molecule has 0 aromatic carbocycles. The van der Waals surface area contributed by atoms with Gasteiger partial charge in [-0.25, -0.2) is 0 Å². The van der Waals surface area contributed by atoms with E-state index in [1.54, 1.807) is 6.08 Å². The average Bonchev–Trinajstić information content (AvgIpc) is 2.25. The molecular formula is C10H13NO. The van der Waals surface area contributed by atoms with E-state index in [-0.39, 0.29) is 0 Å². The molecule has 64 valence electrons. The highest BCUT2D eigenvalue weighted by molar-refractivity contribution is 5.79. The second-order valence-electron chi connectivity index (χ2n) is 2.89. The van der Waals surface area contributed by atoms with E-state index in [4.69, 9.17) is 0 Å². The van der Waals surface area contributed by atoms with Gasteiger partial charge in [0, 0.05) is 12.7 Å². The van der Waals surface area contributed by atoms with Crippen molar-refractivity contribution in [1.82, 2.24) is 4.57 Å². The fourth-order valence-electron chi connectivity index (χ4n) is 1.49. The largest absolute Gasteiger partial charge is 0.345 e. The number of rotatable bonds is 2. The summed E-state index contributed by atoms with van der Waals surface area (Å²) in [5.74, 6) is 0. The average molecular weight is 163 g/mol. The molecule has 1 heterocycles. The molecule has 1 aromatic heterocycles. The summed E-state index contributed by atoms with van der Waals surface area (Å²) in [6.45, 7) is 7.63. The molecule has 0 saturated heterocycles. The Morgan fingerprint density at radius 3 is 2.25 bits per heavy atom. The van der Waals surface area contributed by atoms with Gasteiger partial charge in [-0.05, 0) is 25.0 Å². The maximum atomic E-state index is 10.7. The summed E-state index contributed by atoms with van der Waals surface area (Å²) < 4.78 is 1.89. The number of carbonyl (C=O) groups excluding carboxylic acids is 1. The molecule has 0 saturated carbocycles. The van der Waals surface area contributed by atoms with Crippen LogP contribution in [0.5, 0.6) is 0 Å². The number of hydrogen-bond donors (Lipinski definition) is 0. The molecule has 0 bridgehead atoms. The van der Waals surface area contributed by atoms with Gasteiger partial charge in [0.25, 0.3) is 0 Å². The Kier molecular flexibility index (Phi) is 2.18. The van der Waals surface area contributed by atoms with Crippen LogP contribution < -0.4 is 0 Å². The van der Waals surface area contributed by atoms with E-state index in [1.807, 2.05) is 25.5 Å². The zero-order chi connectivity index (χ0) is 9.30. The molecule has 0 aliphatic carbocycles. The van der Waals surface area contributed by atoms with Gasteiger partial charge in [-0.2, -0.15) is 0 Å². The predicted octanol–water partition coefficient (Wildman–Crippen LogP) is 2.10. The third-order valence-electron chi connectivity index (χ3n) is 2.36. The van der Waals surface area contributed by atoms with E-state index in [1.165, 1.54) is 0 Å². The van der Waals surface area contributed by atoms with Crippen LogP contribution in [0.15, 0.2) is 6.58 Å². The summed E-state index contributed by atoms with van der Waals surface area (Å²) in [6, 6.07) is 0. The Morgan fingerprint density at radius 2 is 2.00 bits per heavy atom. The number of carbonyl (C=O) groups is 1. The van der Waals surface area contributed by atoms with Crippen molar-refractivity contribution >= 4 is 12.4 Å². The fraction of sp³-hybridized carbons (Fsp3) is 0.300. The molecular weight excluding hydrogens is 150 g/mol. The SMILES string of the molecule is C=Cc1c(C)c(C=O)n(C)c1C. The van der Waals surface area contributed by atoms with Crippen molar-refractivity contribution in [1.29, 1.82) is 0 Å². The summed E-state index contributed by atoms with van der Waals surface area (Å²) >= 11 is 0. The zero-order valence-corrected chi connectivity index (χ0v) is 7.72. The van der Waals surface area contributed by atoms with Crippen molar-refractivity contribution in [3.8, 4) is 0 Å². The maximum Gasteiger partial charge on any atom is 0.166 e. The standard InChI is InChI=1S/C10H13NO/c1-5-9-7(2)10(6-12)11(4)8(9)3/h5-6H,1H2,2-4H3. The van der Waals surface area contributed by atoms with Gasteiger partial charge < -0.3 is 4.57 Å². The third-order valence-corrected chi connectivity index (χ3v) is 2.36. The molecule has 0 atom stereocenters. The van der Waals surface area contributed by atoms with E-state index < -0.39 is 0 Å². The molecule has 12 heavy (non-hydrogen) atoms. The highest BCUT2D eigenvalue weighted by Gasteiger charge is 2.10. The van der Waals surface area contributed by atoms with Crippen molar-refractivity contribution in [2.24, 2.45) is 7.05 Å². The normalized spacial score (nSPS) is 9.92. The van der Waals surface area contributed by atoms with Crippen LogP contribution in [0.25, 0.3) is 6.08 Å². The van der Waals surface area contributed by atoms with E-state index in [2.05, 4.69) is 6.58 Å². The second-order valence-corrected chi connectivity index (χ2v) is 2.89. The number of aldehydes is 1. The summed E-state index contributed by atoms with van der Waals surface area (Å²) in [7, 11) is 1.89. The van der Waals surface area contributed by atoms with Crippen LogP contribution in [0.4, 0.5) is 0 Å². The first-order valence-electron chi connectivity index (χ1n) is 3.87. The smallest absolute Gasteiger partial charge is 0.166 e. The fourth-order valence-corrected chi connectivity index (χ4v) is 1.49. The first-order valence-corrected chi connectivity index (χ1v) is 3.87. The van der Waals surface area contributed by atoms with Crippen LogP contribution >= 0.6 is 0 Å². The van der Waals surface area contributed by atoms with E-state index >= 15 is 0 Å². The van der Waals surface area contributed by atoms with Gasteiger partial charge in [0.15, 0.2) is 6.29 Å². The second kappa shape index (κ2) is 2.97. The predicted molar refractivity (Wildman–Crippen MR) is 50.4 cm³/mol. The lowest BCUT2D eigenvalue weighted by Gasteiger charge is -1.97. The highest BCUT2D eigenvalue weighted by Crippen LogP contribution is 2.20. The number of nitrogens with zero attached hydrogens (tertiary/aromatic N) is 1. The first kappa shape index (κ1) is 8.78. The molecule has 0 fully saturated rings. The summed E-state index contributed by atoms with van der Waals surface area (Å²) in [4.78, 5) is 10.7. The molecule has 1 aromatic rings. The minimum atomic E-state index is 0.738. The number of aromatic nitrogens is 1. The Bertz CT molecular complexity index is 303. The lowest BCUT2D eigenvalue weighted by atomic mass is 10.1. The maximum absolute atomic E-state index is 10.7. The number of hydrogen-bond acceptors (Lipinski definition) is 1. The molecule has 0 unspecified atom stereocenters. The Morgan fingerprint density at radius 1 is 1.42 bits per heavy atom. The Balaban J connectivity index is 3.52. The molecule has 0 aliphatic rings. The van der Waals surface area contributed by atoms with E-state index in [0.29, 0.717) is 0 Å². The van der Waals surface area contributed by atoms with Gasteiger partial charge in [-0.15, -0.1) is 0 Å². The molecule has 0 radical (unpaired) electrons. The first-order chi connectivity index (χ1) is 5.63. The van der Waals surface area contributed by atoms with Crippen LogP contribution in [-0.2, 0) is 7.05 Å². The monoisotopic (exact) mass is 163 g/mol. The van der Waals surface area contributed by atoms with Gasteiger partial charge in [0.2, 0.25) is 0 Å². The molecule has 2 nitrogen and oxygen atoms in total. The molecule has 0 spiro atoms. The van der Waals surface area contributed by atoms with E-state index in [0.717, 1.165) is 28.8 Å². The minimum absolute atomic E-state index is 0.738. The van der Waals surface area contributed by atoms with Crippen molar-refractivity contribution < 1.29 is 4.79 Å².